The Bertz CT molecular complexity index is 591. The molecule has 0 spiro atoms. The van der Waals surface area contributed by atoms with Gasteiger partial charge in [-0.3, -0.25) is 0 Å². The number of piperazine rings is 1. The van der Waals surface area contributed by atoms with Crippen LogP contribution in [0.1, 0.15) is 25.3 Å². The van der Waals surface area contributed by atoms with E-state index in [0.717, 1.165) is 31.9 Å². The Morgan fingerprint density at radius 3 is 2.29 bits per heavy atom. The second kappa shape index (κ2) is 6.34. The smallest absolute Gasteiger partial charge is 0.242 e. The van der Waals surface area contributed by atoms with Crippen molar-refractivity contribution in [3.8, 4) is 0 Å². The summed E-state index contributed by atoms with van der Waals surface area (Å²) in [6.07, 6.45) is 0. The molecule has 0 unspecified atom stereocenters. The van der Waals surface area contributed by atoms with E-state index in [-0.39, 0.29) is 0 Å². The average molecular weight is 311 g/mol. The SMILES string of the molecule is CNS(=O)(=O)c1ccc(C(C)C)cc1N1CCN(C)CC1. The normalized spacial score (nSPS) is 17.5. The van der Waals surface area contributed by atoms with Crippen LogP contribution < -0.4 is 9.62 Å². The molecule has 0 aromatic heterocycles. The molecule has 1 saturated heterocycles. The van der Waals surface area contributed by atoms with E-state index < -0.39 is 10.0 Å². The van der Waals surface area contributed by atoms with Gasteiger partial charge in [0.2, 0.25) is 10.0 Å². The molecule has 5 nitrogen and oxygen atoms in total. The fourth-order valence-electron chi connectivity index (χ4n) is 2.53. The van der Waals surface area contributed by atoms with Gasteiger partial charge in [-0.05, 0) is 37.7 Å². The van der Waals surface area contributed by atoms with Gasteiger partial charge in [0.05, 0.1) is 5.69 Å². The van der Waals surface area contributed by atoms with E-state index in [9.17, 15) is 8.42 Å². The minimum absolute atomic E-state index is 0.374. The highest BCUT2D eigenvalue weighted by molar-refractivity contribution is 7.89. The number of anilines is 1. The Labute approximate surface area is 128 Å². The van der Waals surface area contributed by atoms with Crippen LogP contribution in [0.15, 0.2) is 23.1 Å². The topological polar surface area (TPSA) is 52.7 Å². The number of sulfonamides is 1. The first-order valence-corrected chi connectivity index (χ1v) is 8.84. The highest BCUT2D eigenvalue weighted by atomic mass is 32.2. The van der Waals surface area contributed by atoms with Crippen molar-refractivity contribution in [1.29, 1.82) is 0 Å². The number of hydrogen-bond acceptors (Lipinski definition) is 4. The van der Waals surface area contributed by atoms with Crippen molar-refractivity contribution in [3.05, 3.63) is 23.8 Å². The van der Waals surface area contributed by atoms with Gasteiger partial charge in [0.1, 0.15) is 4.90 Å². The summed E-state index contributed by atoms with van der Waals surface area (Å²) >= 11 is 0. The van der Waals surface area contributed by atoms with E-state index in [1.165, 1.54) is 12.6 Å². The lowest BCUT2D eigenvalue weighted by Crippen LogP contribution is -2.45. The largest absolute Gasteiger partial charge is 0.368 e. The lowest BCUT2D eigenvalue weighted by Gasteiger charge is -2.35. The van der Waals surface area contributed by atoms with Gasteiger partial charge < -0.3 is 9.80 Å². The van der Waals surface area contributed by atoms with Crippen molar-refractivity contribution in [2.24, 2.45) is 0 Å². The van der Waals surface area contributed by atoms with Gasteiger partial charge in [-0.2, -0.15) is 0 Å². The van der Waals surface area contributed by atoms with Crippen molar-refractivity contribution >= 4 is 15.7 Å². The molecule has 0 atom stereocenters. The van der Waals surface area contributed by atoms with Gasteiger partial charge in [0.15, 0.2) is 0 Å². The minimum atomic E-state index is -3.44. The van der Waals surface area contributed by atoms with Crippen molar-refractivity contribution in [3.63, 3.8) is 0 Å². The summed E-state index contributed by atoms with van der Waals surface area (Å²) in [6.45, 7) is 7.84. The second-order valence-corrected chi connectivity index (χ2v) is 7.73. The summed E-state index contributed by atoms with van der Waals surface area (Å²) in [5.41, 5.74) is 1.99. The van der Waals surface area contributed by atoms with Gasteiger partial charge in [0.25, 0.3) is 0 Å². The maximum absolute atomic E-state index is 12.3. The number of nitrogens with one attached hydrogen (secondary N) is 1. The molecular formula is C15H25N3O2S. The van der Waals surface area contributed by atoms with Gasteiger partial charge in [-0.15, -0.1) is 0 Å². The van der Waals surface area contributed by atoms with Crippen molar-refractivity contribution in [2.75, 3.05) is 45.2 Å². The van der Waals surface area contributed by atoms with Crippen molar-refractivity contribution in [1.82, 2.24) is 9.62 Å². The molecule has 1 aromatic carbocycles. The quantitative estimate of drug-likeness (QED) is 0.915. The Balaban J connectivity index is 2.46. The van der Waals surface area contributed by atoms with E-state index in [2.05, 4.69) is 35.4 Å². The zero-order valence-electron chi connectivity index (χ0n) is 13.3. The first-order chi connectivity index (χ1) is 9.85. The summed E-state index contributed by atoms with van der Waals surface area (Å²) in [7, 11) is 0.109. The number of nitrogens with zero attached hydrogens (tertiary/aromatic N) is 2. The molecule has 118 valence electrons. The zero-order valence-corrected chi connectivity index (χ0v) is 14.1. The van der Waals surface area contributed by atoms with Crippen LogP contribution in [0.3, 0.4) is 0 Å². The van der Waals surface area contributed by atoms with E-state index in [1.807, 2.05) is 12.1 Å². The molecule has 1 N–H and O–H groups in total. The molecule has 0 amide bonds. The maximum Gasteiger partial charge on any atom is 0.242 e. The van der Waals surface area contributed by atoms with Crippen LogP contribution in [0.5, 0.6) is 0 Å². The summed E-state index contributed by atoms with van der Waals surface area (Å²) in [4.78, 5) is 4.81. The van der Waals surface area contributed by atoms with Gasteiger partial charge in [-0.25, -0.2) is 13.1 Å². The van der Waals surface area contributed by atoms with Crippen LogP contribution in [-0.4, -0.2) is 53.6 Å². The molecule has 0 saturated carbocycles. The van der Waals surface area contributed by atoms with Gasteiger partial charge >= 0.3 is 0 Å². The van der Waals surface area contributed by atoms with E-state index in [4.69, 9.17) is 0 Å². The highest BCUT2D eigenvalue weighted by Gasteiger charge is 2.23. The van der Waals surface area contributed by atoms with Crippen LogP contribution in [0, 0.1) is 0 Å². The first kappa shape index (κ1) is 16.3. The third-order valence-corrected chi connectivity index (χ3v) is 5.51. The Morgan fingerprint density at radius 1 is 1.14 bits per heavy atom. The first-order valence-electron chi connectivity index (χ1n) is 7.36. The molecule has 1 aliphatic rings. The van der Waals surface area contributed by atoms with Crippen LogP contribution >= 0.6 is 0 Å². The molecule has 0 aliphatic carbocycles. The Hall–Kier alpha value is -1.11. The standard InChI is InChI=1S/C15H25N3O2S/c1-12(2)13-5-6-15(21(19,20)16-3)14(11-13)18-9-7-17(4)8-10-18/h5-6,11-12,16H,7-10H2,1-4H3. The Morgan fingerprint density at radius 2 is 1.76 bits per heavy atom. The third-order valence-electron chi connectivity index (χ3n) is 4.05. The predicted molar refractivity (Wildman–Crippen MR) is 86.5 cm³/mol. The minimum Gasteiger partial charge on any atom is -0.368 e. The monoisotopic (exact) mass is 311 g/mol. The van der Waals surface area contributed by atoms with Crippen LogP contribution in [0.4, 0.5) is 5.69 Å². The molecule has 1 aliphatic heterocycles. The lowest BCUT2D eigenvalue weighted by molar-refractivity contribution is 0.312. The summed E-state index contributed by atoms with van der Waals surface area (Å²) in [6, 6.07) is 5.67. The molecular weight excluding hydrogens is 286 g/mol. The van der Waals surface area contributed by atoms with E-state index in [1.54, 1.807) is 6.07 Å². The fraction of sp³-hybridized carbons (Fsp3) is 0.600. The number of hydrogen-bond donors (Lipinski definition) is 1. The molecule has 0 radical (unpaired) electrons. The molecule has 1 heterocycles. The molecule has 2 rings (SSSR count). The highest BCUT2D eigenvalue weighted by Crippen LogP contribution is 2.30. The molecule has 1 fully saturated rings. The summed E-state index contributed by atoms with van der Waals surface area (Å²) < 4.78 is 27.0. The van der Waals surface area contributed by atoms with Crippen molar-refractivity contribution in [2.45, 2.75) is 24.7 Å². The average Bonchev–Trinajstić information content (AvgIpc) is 2.47. The lowest BCUT2D eigenvalue weighted by atomic mass is 10.0. The predicted octanol–water partition coefficient (Wildman–Crippen LogP) is 1.47. The Kier molecular flexibility index (Phi) is 4.91. The third kappa shape index (κ3) is 3.56. The van der Waals surface area contributed by atoms with E-state index in [0.29, 0.717) is 10.8 Å². The zero-order chi connectivity index (χ0) is 15.6. The second-order valence-electron chi connectivity index (χ2n) is 5.88. The molecule has 0 bridgehead atoms. The summed E-state index contributed by atoms with van der Waals surface area (Å²) in [5, 5.41) is 0. The fourth-order valence-corrected chi connectivity index (χ4v) is 3.46. The number of rotatable bonds is 4. The van der Waals surface area contributed by atoms with Crippen molar-refractivity contribution < 1.29 is 8.42 Å². The van der Waals surface area contributed by atoms with Crippen LogP contribution in [0.2, 0.25) is 0 Å². The van der Waals surface area contributed by atoms with Crippen LogP contribution in [0.25, 0.3) is 0 Å². The van der Waals surface area contributed by atoms with E-state index >= 15 is 0 Å². The maximum atomic E-state index is 12.3. The van der Waals surface area contributed by atoms with Gasteiger partial charge in [0, 0.05) is 26.2 Å². The number of benzene rings is 1. The molecule has 21 heavy (non-hydrogen) atoms. The molecule has 6 heteroatoms. The van der Waals surface area contributed by atoms with Crippen LogP contribution in [-0.2, 0) is 10.0 Å². The summed E-state index contributed by atoms with van der Waals surface area (Å²) in [5.74, 6) is 0.377. The number of likely N-dealkylation sites (N-methyl/N-ethyl adjacent to an activating group) is 1. The van der Waals surface area contributed by atoms with Gasteiger partial charge in [-0.1, -0.05) is 19.9 Å². The molecule has 1 aromatic rings.